The Balaban J connectivity index is 1.99. The van der Waals surface area contributed by atoms with E-state index in [1.807, 2.05) is 0 Å². The number of halogens is 1. The van der Waals surface area contributed by atoms with Crippen LogP contribution in [0.4, 0.5) is 10.2 Å². The smallest absolute Gasteiger partial charge is 0.219 e. The summed E-state index contributed by atoms with van der Waals surface area (Å²) in [7, 11) is 0. The number of hydrogen-bond donors (Lipinski definition) is 0. The molecule has 1 aromatic heterocycles. The minimum atomic E-state index is -0.682. The minimum Gasteiger partial charge on any atom is -0.464 e. The number of aromatic nitrogens is 2. The van der Waals surface area contributed by atoms with Gasteiger partial charge in [-0.05, 0) is 19.8 Å². The van der Waals surface area contributed by atoms with Crippen LogP contribution in [0.1, 0.15) is 19.8 Å². The van der Waals surface area contributed by atoms with Gasteiger partial charge in [-0.2, -0.15) is 0 Å². The third-order valence-electron chi connectivity index (χ3n) is 2.85. The van der Waals surface area contributed by atoms with Crippen molar-refractivity contribution in [2.45, 2.75) is 25.9 Å². The van der Waals surface area contributed by atoms with E-state index in [-0.39, 0.29) is 0 Å². The Morgan fingerprint density at radius 2 is 2.22 bits per heavy atom. The van der Waals surface area contributed by atoms with Crippen molar-refractivity contribution in [3.63, 3.8) is 0 Å². The van der Waals surface area contributed by atoms with E-state index in [0.29, 0.717) is 38.4 Å². The van der Waals surface area contributed by atoms with E-state index in [1.54, 1.807) is 13.0 Å². The predicted molar refractivity (Wildman–Crippen MR) is 67.3 cm³/mol. The van der Waals surface area contributed by atoms with Crippen molar-refractivity contribution in [2.24, 2.45) is 0 Å². The number of hydrogen-bond acceptors (Lipinski definition) is 4. The Kier molecular flexibility index (Phi) is 4.35. The molecule has 0 N–H and O–H groups in total. The van der Waals surface area contributed by atoms with Crippen molar-refractivity contribution in [1.29, 1.82) is 0 Å². The third kappa shape index (κ3) is 3.33. The molecule has 2 rings (SSSR count). The van der Waals surface area contributed by atoms with E-state index >= 15 is 0 Å². The highest BCUT2D eigenvalue weighted by Crippen LogP contribution is 2.21. The maximum absolute atomic E-state index is 13.1. The highest BCUT2D eigenvalue weighted by molar-refractivity contribution is 5.41. The van der Waals surface area contributed by atoms with Crippen LogP contribution in [0.25, 0.3) is 0 Å². The van der Waals surface area contributed by atoms with Gasteiger partial charge in [-0.25, -0.2) is 14.4 Å². The Bertz CT molecular complexity index is 447. The molecule has 96 valence electrons. The highest BCUT2D eigenvalue weighted by Gasteiger charge is 2.19. The van der Waals surface area contributed by atoms with Crippen molar-refractivity contribution < 1.29 is 9.13 Å². The zero-order valence-corrected chi connectivity index (χ0v) is 10.4. The van der Waals surface area contributed by atoms with Crippen LogP contribution in [-0.4, -0.2) is 35.8 Å². The molecule has 0 aliphatic carbocycles. The molecule has 1 aromatic rings. The van der Waals surface area contributed by atoms with Gasteiger partial charge in [0.25, 0.3) is 0 Å². The Hall–Kier alpha value is -1.83. The normalized spacial score (nSPS) is 16.0. The van der Waals surface area contributed by atoms with E-state index in [0.717, 1.165) is 5.82 Å². The van der Waals surface area contributed by atoms with Crippen LogP contribution >= 0.6 is 0 Å². The van der Waals surface area contributed by atoms with E-state index < -0.39 is 6.17 Å². The Morgan fingerprint density at radius 3 is 2.94 bits per heavy atom. The number of anilines is 1. The fourth-order valence-corrected chi connectivity index (χ4v) is 1.84. The largest absolute Gasteiger partial charge is 0.464 e. The van der Waals surface area contributed by atoms with Crippen LogP contribution < -0.4 is 9.64 Å². The fourth-order valence-electron chi connectivity index (χ4n) is 1.84. The van der Waals surface area contributed by atoms with Crippen LogP contribution in [0, 0.1) is 11.8 Å². The van der Waals surface area contributed by atoms with Crippen LogP contribution in [0.2, 0.25) is 0 Å². The number of rotatable bonds is 3. The second kappa shape index (κ2) is 6.20. The summed E-state index contributed by atoms with van der Waals surface area (Å²) < 4.78 is 18.4. The van der Waals surface area contributed by atoms with E-state index in [1.165, 1.54) is 6.33 Å². The molecule has 5 heteroatoms. The molecule has 1 saturated heterocycles. The summed E-state index contributed by atoms with van der Waals surface area (Å²) in [5, 5.41) is 0. The lowest BCUT2D eigenvalue weighted by atomic mass is 10.1. The molecule has 0 aromatic carbocycles. The maximum Gasteiger partial charge on any atom is 0.219 e. The molecular weight excluding hydrogens is 233 g/mol. The van der Waals surface area contributed by atoms with Crippen molar-refractivity contribution in [3.8, 4) is 17.7 Å². The third-order valence-corrected chi connectivity index (χ3v) is 2.85. The lowest BCUT2D eigenvalue weighted by Crippen LogP contribution is -2.34. The number of ether oxygens (including phenoxy) is 1. The number of alkyl halides is 1. The van der Waals surface area contributed by atoms with Gasteiger partial charge in [-0.15, -0.1) is 5.92 Å². The highest BCUT2D eigenvalue weighted by atomic mass is 19.1. The first-order chi connectivity index (χ1) is 8.79. The molecule has 1 aliphatic heterocycles. The Labute approximate surface area is 106 Å². The second-order valence-corrected chi connectivity index (χ2v) is 4.09. The van der Waals surface area contributed by atoms with E-state index in [4.69, 9.17) is 4.74 Å². The average molecular weight is 249 g/mol. The van der Waals surface area contributed by atoms with Gasteiger partial charge in [0.1, 0.15) is 18.3 Å². The van der Waals surface area contributed by atoms with Crippen molar-refractivity contribution in [1.82, 2.24) is 9.97 Å². The molecule has 18 heavy (non-hydrogen) atoms. The molecule has 0 saturated carbocycles. The maximum atomic E-state index is 13.1. The molecule has 0 atom stereocenters. The summed E-state index contributed by atoms with van der Waals surface area (Å²) >= 11 is 0. The first-order valence-electron chi connectivity index (χ1n) is 6.03. The van der Waals surface area contributed by atoms with Gasteiger partial charge >= 0.3 is 0 Å². The lowest BCUT2D eigenvalue weighted by Gasteiger charge is -2.29. The molecule has 1 fully saturated rings. The monoisotopic (exact) mass is 249 g/mol. The Morgan fingerprint density at radius 1 is 1.44 bits per heavy atom. The topological polar surface area (TPSA) is 38.2 Å². The van der Waals surface area contributed by atoms with Crippen molar-refractivity contribution in [2.75, 3.05) is 24.6 Å². The quantitative estimate of drug-likeness (QED) is 0.766. The first-order valence-corrected chi connectivity index (χ1v) is 6.03. The van der Waals surface area contributed by atoms with Crippen LogP contribution in [0.5, 0.6) is 5.88 Å². The van der Waals surface area contributed by atoms with E-state index in [2.05, 4.69) is 26.7 Å². The zero-order chi connectivity index (χ0) is 12.8. The summed E-state index contributed by atoms with van der Waals surface area (Å²) in [4.78, 5) is 10.3. The van der Waals surface area contributed by atoms with Gasteiger partial charge < -0.3 is 9.64 Å². The summed E-state index contributed by atoms with van der Waals surface area (Å²) in [5.41, 5.74) is 0. The zero-order valence-electron chi connectivity index (χ0n) is 10.4. The molecule has 2 heterocycles. The van der Waals surface area contributed by atoms with Gasteiger partial charge in [0, 0.05) is 19.2 Å². The molecule has 0 spiro atoms. The molecule has 1 aliphatic rings. The fraction of sp³-hybridized carbons (Fsp3) is 0.538. The lowest BCUT2D eigenvalue weighted by molar-refractivity contribution is 0.276. The summed E-state index contributed by atoms with van der Waals surface area (Å²) in [6.07, 6.45) is 1.90. The molecule has 0 radical (unpaired) electrons. The van der Waals surface area contributed by atoms with Crippen LogP contribution in [0.15, 0.2) is 12.4 Å². The predicted octanol–water partition coefficient (Wildman–Crippen LogP) is 1.82. The number of piperidine rings is 1. The molecule has 0 amide bonds. The van der Waals surface area contributed by atoms with Gasteiger partial charge in [0.2, 0.25) is 5.88 Å². The summed E-state index contributed by atoms with van der Waals surface area (Å²) in [5.74, 6) is 6.85. The molecule has 0 bridgehead atoms. The van der Waals surface area contributed by atoms with Gasteiger partial charge in [-0.1, -0.05) is 5.92 Å². The van der Waals surface area contributed by atoms with Gasteiger partial charge in [0.05, 0.1) is 0 Å². The SMILES string of the molecule is CC#CCOc1cc(N2CCC(F)CC2)ncn1. The molecular formula is C13H16FN3O. The van der Waals surface area contributed by atoms with Gasteiger partial charge in [0.15, 0.2) is 6.61 Å². The summed E-state index contributed by atoms with van der Waals surface area (Å²) in [6, 6.07) is 1.77. The van der Waals surface area contributed by atoms with Crippen LogP contribution in [0.3, 0.4) is 0 Å². The standard InChI is InChI=1S/C13H16FN3O/c1-2-3-8-18-13-9-12(15-10-16-13)17-6-4-11(14)5-7-17/h9-11H,4-8H2,1H3. The van der Waals surface area contributed by atoms with E-state index in [9.17, 15) is 4.39 Å². The van der Waals surface area contributed by atoms with Crippen molar-refractivity contribution in [3.05, 3.63) is 12.4 Å². The number of nitrogens with zero attached hydrogens (tertiary/aromatic N) is 3. The minimum absolute atomic E-state index is 0.319. The van der Waals surface area contributed by atoms with Gasteiger partial charge in [-0.3, -0.25) is 0 Å². The summed E-state index contributed by atoms with van der Waals surface area (Å²) in [6.45, 7) is 3.45. The molecule has 0 unspecified atom stereocenters. The van der Waals surface area contributed by atoms with Crippen molar-refractivity contribution >= 4 is 5.82 Å². The molecule has 4 nitrogen and oxygen atoms in total. The first kappa shape index (κ1) is 12.6. The van der Waals surface area contributed by atoms with Crippen LogP contribution in [-0.2, 0) is 0 Å². The second-order valence-electron chi connectivity index (χ2n) is 4.09. The average Bonchev–Trinajstić information content (AvgIpc) is 2.40.